The van der Waals surface area contributed by atoms with Crippen LogP contribution in [0.15, 0.2) is 6.33 Å². The van der Waals surface area contributed by atoms with E-state index < -0.39 is 6.09 Å². The topological polar surface area (TPSA) is 71.2 Å². The summed E-state index contributed by atoms with van der Waals surface area (Å²) in [4.78, 5) is 11.9. The first-order valence-electron chi connectivity index (χ1n) is 3.62. The van der Waals surface area contributed by atoms with E-state index >= 15 is 0 Å². The fourth-order valence-corrected chi connectivity index (χ4v) is 1.23. The quantitative estimate of drug-likeness (QED) is 0.581. The summed E-state index contributed by atoms with van der Waals surface area (Å²) in [7, 11) is 0. The van der Waals surface area contributed by atoms with E-state index in [1.54, 1.807) is 6.33 Å². The Labute approximate surface area is 68.4 Å². The van der Waals surface area contributed by atoms with Gasteiger partial charge in [0.05, 0.1) is 6.54 Å². The minimum atomic E-state index is -0.899. The lowest BCUT2D eigenvalue weighted by atomic mass is 10.4. The summed E-state index contributed by atoms with van der Waals surface area (Å²) in [6.07, 6.45) is 0.721. The molecule has 6 heteroatoms. The normalized spacial score (nSPS) is 15.8. The van der Waals surface area contributed by atoms with E-state index in [-0.39, 0.29) is 0 Å². The van der Waals surface area contributed by atoms with Crippen molar-refractivity contribution in [2.45, 2.75) is 13.1 Å². The second-order valence-electron chi connectivity index (χ2n) is 2.64. The van der Waals surface area contributed by atoms with Crippen LogP contribution in [0, 0.1) is 0 Å². The van der Waals surface area contributed by atoms with Crippen molar-refractivity contribution in [1.82, 2.24) is 19.7 Å². The van der Waals surface area contributed by atoms with E-state index in [0.717, 1.165) is 0 Å². The second kappa shape index (κ2) is 2.47. The zero-order chi connectivity index (χ0) is 8.55. The Balaban J connectivity index is 2.20. The molecule has 0 unspecified atom stereocenters. The molecule has 0 spiro atoms. The van der Waals surface area contributed by atoms with Gasteiger partial charge in [0.25, 0.3) is 0 Å². The Morgan fingerprint density at radius 2 is 2.42 bits per heavy atom. The van der Waals surface area contributed by atoms with Crippen molar-refractivity contribution in [2.24, 2.45) is 0 Å². The Kier molecular flexibility index (Phi) is 1.46. The van der Waals surface area contributed by atoms with Gasteiger partial charge in [0.1, 0.15) is 6.33 Å². The molecule has 0 radical (unpaired) electrons. The van der Waals surface area contributed by atoms with Crippen molar-refractivity contribution >= 4 is 6.09 Å². The summed E-state index contributed by atoms with van der Waals surface area (Å²) < 4.78 is 1.86. The average molecular weight is 168 g/mol. The highest BCUT2D eigenvalue weighted by Gasteiger charge is 2.20. The third-order valence-electron chi connectivity index (χ3n) is 1.91. The molecule has 0 aliphatic carbocycles. The Morgan fingerprint density at radius 1 is 1.58 bits per heavy atom. The van der Waals surface area contributed by atoms with Gasteiger partial charge >= 0.3 is 6.09 Å². The lowest BCUT2D eigenvalue weighted by Gasteiger charge is -2.23. The van der Waals surface area contributed by atoms with Crippen molar-refractivity contribution in [3.8, 4) is 0 Å². The maximum Gasteiger partial charge on any atom is 0.407 e. The maximum atomic E-state index is 10.6. The highest BCUT2D eigenvalue weighted by Crippen LogP contribution is 2.08. The summed E-state index contributed by atoms with van der Waals surface area (Å²) >= 11 is 0. The molecule has 12 heavy (non-hydrogen) atoms. The van der Waals surface area contributed by atoms with Crippen LogP contribution in [-0.4, -0.2) is 37.4 Å². The molecule has 0 bridgehead atoms. The molecular weight excluding hydrogens is 160 g/mol. The molecule has 6 nitrogen and oxygen atoms in total. The third kappa shape index (κ3) is 1.01. The number of aromatic nitrogens is 3. The van der Waals surface area contributed by atoms with Crippen molar-refractivity contribution in [3.05, 3.63) is 12.2 Å². The molecule has 1 aromatic heterocycles. The lowest BCUT2D eigenvalue weighted by Crippen LogP contribution is -2.37. The van der Waals surface area contributed by atoms with Crippen LogP contribution in [0.2, 0.25) is 0 Å². The molecule has 0 atom stereocenters. The van der Waals surface area contributed by atoms with E-state index in [4.69, 9.17) is 5.11 Å². The molecule has 1 aliphatic heterocycles. The number of fused-ring (bicyclic) bond motifs is 1. The molecule has 1 N–H and O–H groups in total. The van der Waals surface area contributed by atoms with E-state index in [1.807, 2.05) is 4.57 Å². The molecule has 0 fully saturated rings. The summed E-state index contributed by atoms with van der Waals surface area (Å²) in [6.45, 7) is 1.50. The molecule has 0 aromatic carbocycles. The number of hydrogen-bond donors (Lipinski definition) is 1. The van der Waals surface area contributed by atoms with Gasteiger partial charge in [-0.3, -0.25) is 4.90 Å². The summed E-state index contributed by atoms with van der Waals surface area (Å²) in [5, 5.41) is 16.2. The number of carbonyl (C=O) groups is 1. The molecule has 0 saturated carbocycles. The van der Waals surface area contributed by atoms with Gasteiger partial charge in [-0.15, -0.1) is 10.2 Å². The molecule has 2 heterocycles. The second-order valence-corrected chi connectivity index (χ2v) is 2.64. The molecule has 2 rings (SSSR count). The average Bonchev–Trinajstić information content (AvgIpc) is 2.49. The molecular formula is C6H8N4O2. The van der Waals surface area contributed by atoms with Gasteiger partial charge in [0.2, 0.25) is 0 Å². The molecule has 1 aliphatic rings. The highest BCUT2D eigenvalue weighted by atomic mass is 16.4. The Morgan fingerprint density at radius 3 is 3.17 bits per heavy atom. The first-order valence-corrected chi connectivity index (χ1v) is 3.62. The van der Waals surface area contributed by atoms with E-state index in [0.29, 0.717) is 25.5 Å². The van der Waals surface area contributed by atoms with Crippen LogP contribution in [0.25, 0.3) is 0 Å². The number of hydrogen-bond acceptors (Lipinski definition) is 3. The van der Waals surface area contributed by atoms with Crippen molar-refractivity contribution in [1.29, 1.82) is 0 Å². The highest BCUT2D eigenvalue weighted by molar-refractivity contribution is 5.64. The van der Waals surface area contributed by atoms with Crippen molar-refractivity contribution in [2.75, 3.05) is 6.54 Å². The van der Waals surface area contributed by atoms with Crippen LogP contribution < -0.4 is 0 Å². The molecule has 0 saturated heterocycles. The van der Waals surface area contributed by atoms with Crippen LogP contribution in [-0.2, 0) is 13.1 Å². The summed E-state index contributed by atoms with van der Waals surface area (Å²) in [6, 6.07) is 0. The lowest BCUT2D eigenvalue weighted by molar-refractivity contribution is 0.131. The molecule has 1 amide bonds. The van der Waals surface area contributed by atoms with E-state index in [2.05, 4.69) is 10.2 Å². The van der Waals surface area contributed by atoms with Crippen LogP contribution in [0.4, 0.5) is 4.79 Å². The number of nitrogens with zero attached hydrogens (tertiary/aromatic N) is 4. The number of amides is 1. The van der Waals surface area contributed by atoms with Gasteiger partial charge in [0.15, 0.2) is 5.82 Å². The smallest absolute Gasteiger partial charge is 0.407 e. The Bertz CT molecular complexity index is 308. The predicted octanol–water partition coefficient (Wildman–Crippen LogP) is -0.228. The Hall–Kier alpha value is -1.59. The monoisotopic (exact) mass is 168 g/mol. The van der Waals surface area contributed by atoms with Crippen molar-refractivity contribution < 1.29 is 9.90 Å². The van der Waals surface area contributed by atoms with Crippen molar-refractivity contribution in [3.63, 3.8) is 0 Å². The maximum absolute atomic E-state index is 10.6. The van der Waals surface area contributed by atoms with E-state index in [1.165, 1.54) is 4.90 Å². The van der Waals surface area contributed by atoms with Crippen LogP contribution in [0.3, 0.4) is 0 Å². The zero-order valence-electron chi connectivity index (χ0n) is 6.34. The van der Waals surface area contributed by atoms with Crippen LogP contribution in [0.5, 0.6) is 0 Å². The third-order valence-corrected chi connectivity index (χ3v) is 1.91. The largest absolute Gasteiger partial charge is 0.465 e. The van der Waals surface area contributed by atoms with E-state index in [9.17, 15) is 4.79 Å². The van der Waals surface area contributed by atoms with Gasteiger partial charge < -0.3 is 9.67 Å². The number of carboxylic acid groups (broad SMARTS) is 1. The summed E-state index contributed by atoms with van der Waals surface area (Å²) in [5.74, 6) is 0.712. The van der Waals surface area contributed by atoms with Gasteiger partial charge in [-0.25, -0.2) is 4.79 Å². The van der Waals surface area contributed by atoms with Crippen LogP contribution >= 0.6 is 0 Å². The van der Waals surface area contributed by atoms with Gasteiger partial charge in [-0.1, -0.05) is 0 Å². The molecule has 1 aromatic rings. The zero-order valence-corrected chi connectivity index (χ0v) is 6.34. The van der Waals surface area contributed by atoms with Gasteiger partial charge in [0, 0.05) is 13.1 Å². The van der Waals surface area contributed by atoms with Gasteiger partial charge in [-0.2, -0.15) is 0 Å². The first kappa shape index (κ1) is 7.08. The van der Waals surface area contributed by atoms with Gasteiger partial charge in [-0.05, 0) is 0 Å². The summed E-state index contributed by atoms with van der Waals surface area (Å²) in [5.41, 5.74) is 0. The minimum Gasteiger partial charge on any atom is -0.465 e. The SMILES string of the molecule is O=C(O)N1CCn2cnnc2C1. The molecule has 64 valence electrons. The minimum absolute atomic E-state index is 0.343. The predicted molar refractivity (Wildman–Crippen MR) is 38.5 cm³/mol. The standard InChI is InChI=1S/C6H8N4O2/c11-6(12)9-1-2-10-4-7-8-5(10)3-9/h4H,1-3H2,(H,11,12). The van der Waals surface area contributed by atoms with Crippen LogP contribution in [0.1, 0.15) is 5.82 Å². The fraction of sp³-hybridized carbons (Fsp3) is 0.500. The first-order chi connectivity index (χ1) is 5.77. The fourth-order valence-electron chi connectivity index (χ4n) is 1.23. The number of rotatable bonds is 0.